The zero-order chi connectivity index (χ0) is 17.4. The molecule has 0 amide bonds. The van der Waals surface area contributed by atoms with Gasteiger partial charge in [0.2, 0.25) is 0 Å². The lowest BCUT2D eigenvalue weighted by Gasteiger charge is -2.15. The van der Waals surface area contributed by atoms with Crippen LogP contribution in [0.25, 0.3) is 0 Å². The predicted molar refractivity (Wildman–Crippen MR) is 89.6 cm³/mol. The monoisotopic (exact) mass is 333 g/mol. The molecule has 0 atom stereocenters. The summed E-state index contributed by atoms with van der Waals surface area (Å²) in [5.41, 5.74) is 3.31. The number of aryl methyl sites for hydroxylation is 3. The zero-order valence-electron chi connectivity index (χ0n) is 13.5. The molecule has 0 aliphatic heterocycles. The molecule has 0 heterocycles. The molecule has 2 rings (SSSR count). The average Bonchev–Trinajstić information content (AvgIpc) is 2.43. The van der Waals surface area contributed by atoms with E-state index < -0.39 is 16.0 Å². The van der Waals surface area contributed by atoms with Gasteiger partial charge in [0, 0.05) is 0 Å². The minimum atomic E-state index is -3.87. The Labute approximate surface area is 136 Å². The van der Waals surface area contributed by atoms with E-state index in [1.807, 2.05) is 19.9 Å². The highest BCUT2D eigenvalue weighted by molar-refractivity contribution is 7.92. The van der Waals surface area contributed by atoms with Crippen molar-refractivity contribution < 1.29 is 18.3 Å². The van der Waals surface area contributed by atoms with E-state index in [-0.39, 0.29) is 10.5 Å². The quantitative estimate of drug-likeness (QED) is 0.898. The van der Waals surface area contributed by atoms with E-state index in [2.05, 4.69) is 4.72 Å². The lowest BCUT2D eigenvalue weighted by Crippen LogP contribution is -2.16. The smallest absolute Gasteiger partial charge is 0.335 e. The average molecular weight is 333 g/mol. The molecule has 122 valence electrons. The molecule has 0 aliphatic rings. The van der Waals surface area contributed by atoms with Crippen molar-refractivity contribution >= 4 is 21.7 Å². The van der Waals surface area contributed by atoms with Crippen molar-refractivity contribution in [1.82, 2.24) is 0 Å². The van der Waals surface area contributed by atoms with Crippen molar-refractivity contribution in [3.05, 3.63) is 58.1 Å². The number of nitrogens with one attached hydrogen (secondary N) is 1. The molecule has 0 bridgehead atoms. The van der Waals surface area contributed by atoms with Gasteiger partial charge in [-0.05, 0) is 62.1 Å². The van der Waals surface area contributed by atoms with Crippen molar-refractivity contribution in [3.63, 3.8) is 0 Å². The summed E-state index contributed by atoms with van der Waals surface area (Å²) >= 11 is 0. The first-order valence-corrected chi connectivity index (χ1v) is 8.55. The van der Waals surface area contributed by atoms with Crippen molar-refractivity contribution in [2.75, 3.05) is 4.72 Å². The molecule has 0 aliphatic carbocycles. The van der Waals surface area contributed by atoms with Gasteiger partial charge in [0.15, 0.2) is 0 Å². The number of aromatic carboxylic acids is 1. The van der Waals surface area contributed by atoms with Gasteiger partial charge in [-0.15, -0.1) is 0 Å². The Morgan fingerprint density at radius 3 is 2.26 bits per heavy atom. The molecule has 6 heteroatoms. The van der Waals surface area contributed by atoms with Crippen LogP contribution in [0, 0.1) is 27.7 Å². The van der Waals surface area contributed by atoms with Crippen LogP contribution < -0.4 is 4.72 Å². The fourth-order valence-electron chi connectivity index (χ4n) is 2.41. The lowest BCUT2D eigenvalue weighted by atomic mass is 10.1. The van der Waals surface area contributed by atoms with Gasteiger partial charge < -0.3 is 5.11 Å². The third-order valence-electron chi connectivity index (χ3n) is 3.89. The zero-order valence-corrected chi connectivity index (χ0v) is 14.3. The summed E-state index contributed by atoms with van der Waals surface area (Å²) in [6.45, 7) is 7.02. The Balaban J connectivity index is 2.54. The Bertz CT molecular complexity index is 886. The molecule has 0 saturated carbocycles. The normalized spacial score (nSPS) is 11.3. The van der Waals surface area contributed by atoms with Crippen LogP contribution in [0.15, 0.2) is 35.2 Å². The fraction of sp³-hybridized carbons (Fsp3) is 0.235. The standard InChI is InChI=1S/C17H19NO4S/c1-10-6-5-7-15(13(10)4)18-23(21,22)16-9-14(17(19)20)11(2)8-12(16)3/h5-9,18H,1-4H3,(H,19,20). The molecule has 2 aromatic rings. The molecule has 0 fully saturated rings. The summed E-state index contributed by atoms with van der Waals surface area (Å²) in [6.07, 6.45) is 0. The van der Waals surface area contributed by atoms with E-state index in [9.17, 15) is 18.3 Å². The number of carboxylic acids is 1. The van der Waals surface area contributed by atoms with Crippen LogP contribution in [0.4, 0.5) is 5.69 Å². The van der Waals surface area contributed by atoms with E-state index in [1.165, 1.54) is 6.07 Å². The highest BCUT2D eigenvalue weighted by atomic mass is 32.2. The molecular weight excluding hydrogens is 314 g/mol. The van der Waals surface area contributed by atoms with Gasteiger partial charge in [-0.2, -0.15) is 0 Å². The Kier molecular flexibility index (Phi) is 4.47. The van der Waals surface area contributed by atoms with Crippen LogP contribution in [-0.4, -0.2) is 19.5 Å². The lowest BCUT2D eigenvalue weighted by molar-refractivity contribution is 0.0696. The highest BCUT2D eigenvalue weighted by Crippen LogP contribution is 2.25. The summed E-state index contributed by atoms with van der Waals surface area (Å²) in [7, 11) is -3.87. The first kappa shape index (κ1) is 17.0. The van der Waals surface area contributed by atoms with Crippen molar-refractivity contribution in [2.45, 2.75) is 32.6 Å². The van der Waals surface area contributed by atoms with Crippen molar-refractivity contribution in [2.24, 2.45) is 0 Å². The van der Waals surface area contributed by atoms with Gasteiger partial charge in [0.05, 0.1) is 16.1 Å². The van der Waals surface area contributed by atoms with E-state index in [4.69, 9.17) is 0 Å². The summed E-state index contributed by atoms with van der Waals surface area (Å²) in [6, 6.07) is 8.13. The molecular formula is C17H19NO4S. The molecule has 0 radical (unpaired) electrons. The van der Waals surface area contributed by atoms with Gasteiger partial charge in [-0.3, -0.25) is 4.72 Å². The second-order valence-electron chi connectivity index (χ2n) is 5.59. The molecule has 0 saturated heterocycles. The maximum atomic E-state index is 12.7. The molecule has 2 N–H and O–H groups in total. The van der Waals surface area contributed by atoms with E-state index in [1.54, 1.807) is 32.0 Å². The second-order valence-corrected chi connectivity index (χ2v) is 7.24. The minimum Gasteiger partial charge on any atom is -0.478 e. The summed E-state index contributed by atoms with van der Waals surface area (Å²) in [5, 5.41) is 9.20. The van der Waals surface area contributed by atoms with Gasteiger partial charge >= 0.3 is 5.97 Å². The Morgan fingerprint density at radius 1 is 1.00 bits per heavy atom. The van der Waals surface area contributed by atoms with Gasteiger partial charge in [-0.1, -0.05) is 18.2 Å². The number of carbonyl (C=O) groups is 1. The summed E-state index contributed by atoms with van der Waals surface area (Å²) in [5.74, 6) is -1.15. The highest BCUT2D eigenvalue weighted by Gasteiger charge is 2.21. The molecule has 5 nitrogen and oxygen atoms in total. The van der Waals surface area contributed by atoms with Crippen molar-refractivity contribution in [1.29, 1.82) is 0 Å². The van der Waals surface area contributed by atoms with E-state index in [0.717, 1.165) is 11.1 Å². The summed E-state index contributed by atoms with van der Waals surface area (Å²) in [4.78, 5) is 11.2. The van der Waals surface area contributed by atoms with Crippen LogP contribution in [0.2, 0.25) is 0 Å². The molecule has 0 aromatic heterocycles. The predicted octanol–water partition coefficient (Wildman–Crippen LogP) is 3.42. The minimum absolute atomic E-state index is 0.0167. The third-order valence-corrected chi connectivity index (χ3v) is 5.40. The van der Waals surface area contributed by atoms with Gasteiger partial charge in [-0.25, -0.2) is 13.2 Å². The number of benzene rings is 2. The topological polar surface area (TPSA) is 83.5 Å². The Hall–Kier alpha value is -2.34. The fourth-order valence-corrected chi connectivity index (χ4v) is 3.79. The summed E-state index contributed by atoms with van der Waals surface area (Å²) < 4.78 is 27.9. The maximum absolute atomic E-state index is 12.7. The first-order valence-electron chi connectivity index (χ1n) is 7.07. The van der Waals surface area contributed by atoms with E-state index in [0.29, 0.717) is 16.8 Å². The largest absolute Gasteiger partial charge is 0.478 e. The van der Waals surface area contributed by atoms with Crippen molar-refractivity contribution in [3.8, 4) is 0 Å². The van der Waals surface area contributed by atoms with E-state index >= 15 is 0 Å². The number of rotatable bonds is 4. The van der Waals surface area contributed by atoms with Gasteiger partial charge in [0.1, 0.15) is 0 Å². The van der Waals surface area contributed by atoms with Gasteiger partial charge in [0.25, 0.3) is 10.0 Å². The number of carboxylic acid groups (broad SMARTS) is 1. The number of anilines is 1. The number of hydrogen-bond donors (Lipinski definition) is 2. The van der Waals surface area contributed by atoms with Crippen LogP contribution >= 0.6 is 0 Å². The number of hydrogen-bond acceptors (Lipinski definition) is 3. The Morgan fingerprint density at radius 2 is 1.65 bits per heavy atom. The third kappa shape index (κ3) is 3.37. The van der Waals surface area contributed by atoms with Crippen LogP contribution in [0.3, 0.4) is 0 Å². The van der Waals surface area contributed by atoms with Crippen LogP contribution in [0.1, 0.15) is 32.6 Å². The molecule has 23 heavy (non-hydrogen) atoms. The molecule has 0 unspecified atom stereocenters. The van der Waals surface area contributed by atoms with Crippen LogP contribution in [0.5, 0.6) is 0 Å². The SMILES string of the molecule is Cc1cc(C)c(S(=O)(=O)Nc2cccc(C)c2C)cc1C(=O)O. The number of sulfonamides is 1. The maximum Gasteiger partial charge on any atom is 0.335 e. The molecule has 2 aromatic carbocycles. The molecule has 0 spiro atoms. The first-order chi connectivity index (χ1) is 10.6. The van der Waals surface area contributed by atoms with Crippen LogP contribution in [-0.2, 0) is 10.0 Å². The second kappa shape index (κ2) is 6.04.